The zero-order valence-electron chi connectivity index (χ0n) is 11.7. The lowest BCUT2D eigenvalue weighted by Gasteiger charge is -2.27. The molecule has 1 aromatic heterocycles. The molecule has 2 N–H and O–H groups in total. The molecule has 0 bridgehead atoms. The second-order valence-electron chi connectivity index (χ2n) is 5.12. The highest BCUT2D eigenvalue weighted by Crippen LogP contribution is 2.28. The van der Waals surface area contributed by atoms with Gasteiger partial charge >= 0.3 is 5.97 Å². The molecule has 0 atom stereocenters. The number of hydrogen-bond donors (Lipinski definition) is 2. The molecule has 0 radical (unpaired) electrons. The smallest absolute Gasteiger partial charge is 0.308 e. The van der Waals surface area contributed by atoms with Gasteiger partial charge in [-0.2, -0.15) is 11.8 Å². The van der Waals surface area contributed by atoms with Crippen LogP contribution in [-0.4, -0.2) is 37.0 Å². The van der Waals surface area contributed by atoms with Crippen LogP contribution >= 0.6 is 23.1 Å². The van der Waals surface area contributed by atoms with Gasteiger partial charge in [0.1, 0.15) is 4.21 Å². The van der Waals surface area contributed by atoms with E-state index in [2.05, 4.69) is 11.0 Å². The van der Waals surface area contributed by atoms with Gasteiger partial charge in [0.2, 0.25) is 10.0 Å². The summed E-state index contributed by atoms with van der Waals surface area (Å²) in [5, 5.41) is 9.36. The van der Waals surface area contributed by atoms with Gasteiger partial charge in [0, 0.05) is 16.2 Å². The summed E-state index contributed by atoms with van der Waals surface area (Å²) in [6.45, 7) is 0. The van der Waals surface area contributed by atoms with Crippen LogP contribution in [0.5, 0.6) is 0 Å². The number of sulfonamides is 1. The fraction of sp³-hybridized carbons (Fsp3) is 0.615. The predicted octanol–water partition coefficient (Wildman–Crippen LogP) is 2.33. The molecule has 0 saturated heterocycles. The maximum atomic E-state index is 12.3. The van der Waals surface area contributed by atoms with E-state index in [1.807, 2.05) is 11.8 Å². The third-order valence-electron chi connectivity index (χ3n) is 3.56. The second kappa shape index (κ2) is 7.13. The molecule has 1 aromatic rings. The summed E-state index contributed by atoms with van der Waals surface area (Å²) in [5.74, 6) is -0.954. The first-order valence-electron chi connectivity index (χ1n) is 6.76. The van der Waals surface area contributed by atoms with E-state index in [4.69, 9.17) is 5.11 Å². The molecule has 0 aliphatic heterocycles. The fourth-order valence-electron chi connectivity index (χ4n) is 2.44. The molecule has 5 nitrogen and oxygen atoms in total. The predicted molar refractivity (Wildman–Crippen MR) is 85.5 cm³/mol. The molecule has 21 heavy (non-hydrogen) atoms. The van der Waals surface area contributed by atoms with Crippen LogP contribution in [0.15, 0.2) is 16.3 Å². The number of hydrogen-bond acceptors (Lipinski definition) is 5. The molecule has 1 fully saturated rings. The third kappa shape index (κ3) is 4.70. The van der Waals surface area contributed by atoms with Crippen LogP contribution in [0.25, 0.3) is 0 Å². The average molecular weight is 349 g/mol. The van der Waals surface area contributed by atoms with E-state index in [0.717, 1.165) is 37.0 Å². The van der Waals surface area contributed by atoms with Crippen LogP contribution in [-0.2, 0) is 21.2 Å². The van der Waals surface area contributed by atoms with Gasteiger partial charge in [0.05, 0.1) is 6.42 Å². The van der Waals surface area contributed by atoms with Crippen molar-refractivity contribution in [2.24, 2.45) is 0 Å². The first-order chi connectivity index (χ1) is 9.90. The summed E-state index contributed by atoms with van der Waals surface area (Å²) in [4.78, 5) is 11.2. The molecular formula is C13H19NO4S3. The van der Waals surface area contributed by atoms with Gasteiger partial charge in [0.15, 0.2) is 0 Å². The Hall–Kier alpha value is -0.570. The van der Waals surface area contributed by atoms with Crippen LogP contribution in [0.4, 0.5) is 0 Å². The minimum atomic E-state index is -3.53. The molecule has 1 saturated carbocycles. The highest BCUT2D eigenvalue weighted by atomic mass is 32.2. The minimum absolute atomic E-state index is 0.0107. The van der Waals surface area contributed by atoms with E-state index in [1.165, 1.54) is 6.07 Å². The lowest BCUT2D eigenvalue weighted by Crippen LogP contribution is -2.37. The van der Waals surface area contributed by atoms with Gasteiger partial charge in [-0.25, -0.2) is 13.1 Å². The maximum Gasteiger partial charge on any atom is 0.308 e. The summed E-state index contributed by atoms with van der Waals surface area (Å²) in [7, 11) is -3.53. The minimum Gasteiger partial charge on any atom is -0.481 e. The Bertz CT molecular complexity index is 588. The highest BCUT2D eigenvalue weighted by Gasteiger charge is 2.26. The topological polar surface area (TPSA) is 83.5 Å². The maximum absolute atomic E-state index is 12.3. The standard InChI is InChI=1S/C13H19NO4S3/c1-19-10-4-2-9(3-5-10)14-21(17,18)13-7-6-11(20-13)8-12(15)16/h6-7,9-10,14H,2-5,8H2,1H3,(H,15,16). The molecule has 0 amide bonds. The van der Waals surface area contributed by atoms with Crippen LogP contribution in [0.3, 0.4) is 0 Å². The van der Waals surface area contributed by atoms with E-state index in [1.54, 1.807) is 6.07 Å². The Morgan fingerprint density at radius 3 is 2.62 bits per heavy atom. The van der Waals surface area contributed by atoms with Crippen LogP contribution < -0.4 is 4.72 Å². The van der Waals surface area contributed by atoms with Crippen molar-refractivity contribution in [1.82, 2.24) is 4.72 Å². The van der Waals surface area contributed by atoms with Crippen molar-refractivity contribution in [2.45, 2.75) is 47.6 Å². The van der Waals surface area contributed by atoms with E-state index in [0.29, 0.717) is 10.1 Å². The van der Waals surface area contributed by atoms with Crippen LogP contribution in [0.2, 0.25) is 0 Å². The Morgan fingerprint density at radius 2 is 2.05 bits per heavy atom. The van der Waals surface area contributed by atoms with E-state index < -0.39 is 16.0 Å². The number of carboxylic acid groups (broad SMARTS) is 1. The molecule has 0 spiro atoms. The van der Waals surface area contributed by atoms with E-state index in [9.17, 15) is 13.2 Å². The Kier molecular flexibility index (Phi) is 5.70. The van der Waals surface area contributed by atoms with Gasteiger partial charge in [-0.15, -0.1) is 11.3 Å². The second-order valence-corrected chi connectivity index (χ2v) is 9.37. The molecule has 1 heterocycles. The van der Waals surface area contributed by atoms with Crippen LogP contribution in [0, 0.1) is 0 Å². The summed E-state index contributed by atoms with van der Waals surface area (Å²) >= 11 is 2.87. The summed E-state index contributed by atoms with van der Waals surface area (Å²) < 4.78 is 27.5. The lowest BCUT2D eigenvalue weighted by molar-refractivity contribution is -0.136. The van der Waals surface area contributed by atoms with E-state index in [-0.39, 0.29) is 16.7 Å². The fourth-order valence-corrected chi connectivity index (χ4v) is 5.85. The molecule has 8 heteroatoms. The van der Waals surface area contributed by atoms with Crippen molar-refractivity contribution < 1.29 is 18.3 Å². The van der Waals surface area contributed by atoms with Gasteiger partial charge in [-0.3, -0.25) is 4.79 Å². The van der Waals surface area contributed by atoms with Gasteiger partial charge in [-0.05, 0) is 44.1 Å². The molecule has 2 rings (SSSR count). The van der Waals surface area contributed by atoms with Crippen molar-refractivity contribution in [2.75, 3.05) is 6.26 Å². The SMILES string of the molecule is CSC1CCC(NS(=O)(=O)c2ccc(CC(=O)O)s2)CC1. The lowest BCUT2D eigenvalue weighted by atomic mass is 9.96. The highest BCUT2D eigenvalue weighted by molar-refractivity contribution is 7.99. The molecule has 0 unspecified atom stereocenters. The van der Waals surface area contributed by atoms with Gasteiger partial charge < -0.3 is 5.11 Å². The number of carboxylic acids is 1. The van der Waals surface area contributed by atoms with Crippen molar-refractivity contribution >= 4 is 39.1 Å². The third-order valence-corrected chi connectivity index (χ3v) is 7.79. The first-order valence-corrected chi connectivity index (χ1v) is 10.3. The number of rotatable bonds is 6. The molecule has 1 aliphatic rings. The summed E-state index contributed by atoms with van der Waals surface area (Å²) in [6, 6.07) is 3.04. The van der Waals surface area contributed by atoms with Gasteiger partial charge in [0.25, 0.3) is 0 Å². The Balaban J connectivity index is 1.98. The number of thiophene rings is 1. The number of nitrogens with one attached hydrogen (secondary N) is 1. The van der Waals surface area contributed by atoms with Crippen LogP contribution in [0.1, 0.15) is 30.6 Å². The molecule has 0 aromatic carbocycles. The quantitative estimate of drug-likeness (QED) is 0.823. The first kappa shape index (κ1) is 16.8. The van der Waals surface area contributed by atoms with Gasteiger partial charge in [-0.1, -0.05) is 0 Å². The largest absolute Gasteiger partial charge is 0.481 e. The Labute approximate surface area is 133 Å². The zero-order valence-corrected chi connectivity index (χ0v) is 14.2. The van der Waals surface area contributed by atoms with Crippen molar-refractivity contribution in [1.29, 1.82) is 0 Å². The molecular weight excluding hydrogens is 330 g/mol. The van der Waals surface area contributed by atoms with Crippen molar-refractivity contribution in [3.8, 4) is 0 Å². The van der Waals surface area contributed by atoms with Crippen molar-refractivity contribution in [3.05, 3.63) is 17.0 Å². The molecule has 118 valence electrons. The average Bonchev–Trinajstić information content (AvgIpc) is 2.88. The van der Waals surface area contributed by atoms with Crippen molar-refractivity contribution in [3.63, 3.8) is 0 Å². The monoisotopic (exact) mass is 349 g/mol. The summed E-state index contributed by atoms with van der Waals surface area (Å²) in [6.07, 6.45) is 5.73. The van der Waals surface area contributed by atoms with E-state index >= 15 is 0 Å². The number of aliphatic carboxylic acids is 1. The normalized spacial score (nSPS) is 23.1. The zero-order chi connectivity index (χ0) is 15.5. The number of carbonyl (C=O) groups is 1. The summed E-state index contributed by atoms with van der Waals surface area (Å²) in [5.41, 5.74) is 0. The molecule has 1 aliphatic carbocycles. The Morgan fingerprint density at radius 1 is 1.38 bits per heavy atom. The number of thioether (sulfide) groups is 1.